The molecule has 0 spiro atoms. The Hall–Kier alpha value is -0.660. The van der Waals surface area contributed by atoms with Gasteiger partial charge >= 0.3 is 0 Å². The van der Waals surface area contributed by atoms with E-state index in [1.807, 2.05) is 0 Å². The predicted molar refractivity (Wildman–Crippen MR) is 36.6 cm³/mol. The number of hydrogen-bond donors (Lipinski definition) is 2. The summed E-state index contributed by atoms with van der Waals surface area (Å²) in [5.74, 6) is 0. The Balaban J connectivity index is 0.000000162. The molecule has 1 aliphatic heterocycles. The molecule has 60 valence electrons. The van der Waals surface area contributed by atoms with Crippen molar-refractivity contribution >= 4 is 16.6 Å². The average molecular weight is 167 g/mol. The summed E-state index contributed by atoms with van der Waals surface area (Å²) in [4.78, 5) is 3.74. The second-order valence-electron chi connectivity index (χ2n) is 1.47. The van der Waals surface area contributed by atoms with Crippen molar-refractivity contribution in [1.29, 1.82) is 0 Å². The number of rotatable bonds is 0. The van der Waals surface area contributed by atoms with Crippen LogP contribution in [0.15, 0.2) is 4.99 Å². The van der Waals surface area contributed by atoms with Gasteiger partial charge in [0.15, 0.2) is 6.40 Å². The van der Waals surface area contributed by atoms with Gasteiger partial charge in [0.25, 0.3) is 10.2 Å². The van der Waals surface area contributed by atoms with E-state index in [9.17, 15) is 8.42 Å². The fourth-order valence-corrected chi connectivity index (χ4v) is 0.264. The molecule has 0 bridgehead atoms. The molecule has 0 aliphatic carbocycles. The molecule has 6 nitrogen and oxygen atoms in total. The maximum atomic E-state index is 9.19. The molecule has 0 unspecified atom stereocenters. The van der Waals surface area contributed by atoms with Gasteiger partial charge in [0.2, 0.25) is 0 Å². The van der Waals surface area contributed by atoms with E-state index in [0.717, 1.165) is 13.2 Å². The van der Waals surface area contributed by atoms with E-state index in [-0.39, 0.29) is 0 Å². The van der Waals surface area contributed by atoms with Crippen LogP contribution >= 0.6 is 0 Å². The van der Waals surface area contributed by atoms with Gasteiger partial charge in [-0.2, -0.15) is 8.42 Å². The van der Waals surface area contributed by atoms with E-state index in [4.69, 9.17) is 0 Å². The van der Waals surface area contributed by atoms with Crippen LogP contribution < -0.4 is 10.3 Å². The summed E-state index contributed by atoms with van der Waals surface area (Å²) in [6, 6.07) is 0. The Labute approximate surface area is 59.1 Å². The van der Waals surface area contributed by atoms with Crippen molar-refractivity contribution in [3.05, 3.63) is 0 Å². The number of hydrogen-bond acceptors (Lipinski definition) is 4. The lowest BCUT2D eigenvalue weighted by atomic mass is 10.8. The Morgan fingerprint density at radius 2 is 2.00 bits per heavy atom. The second kappa shape index (κ2) is 4.20. The van der Waals surface area contributed by atoms with Crippen molar-refractivity contribution in [2.75, 3.05) is 13.2 Å². The van der Waals surface area contributed by atoms with Gasteiger partial charge in [-0.15, -0.1) is 0 Å². The molecule has 1 rings (SSSR count). The van der Waals surface area contributed by atoms with Crippen LogP contribution in [0.25, 0.3) is 0 Å². The SMILES string of the molecule is C1=NCCO1.NS(N)(=O)=O. The first kappa shape index (κ1) is 9.34. The highest BCUT2D eigenvalue weighted by molar-refractivity contribution is 7.86. The molecule has 0 saturated heterocycles. The summed E-state index contributed by atoms with van der Waals surface area (Å²) in [5.41, 5.74) is 0. The van der Waals surface area contributed by atoms with Gasteiger partial charge in [-0.25, -0.2) is 10.3 Å². The molecule has 0 saturated carbocycles. The Morgan fingerprint density at radius 1 is 1.50 bits per heavy atom. The van der Waals surface area contributed by atoms with E-state index >= 15 is 0 Å². The van der Waals surface area contributed by atoms with Crippen LogP contribution in [0.2, 0.25) is 0 Å². The van der Waals surface area contributed by atoms with E-state index < -0.39 is 10.2 Å². The molecular weight excluding hydrogens is 158 g/mol. The third kappa shape index (κ3) is 15.7. The zero-order valence-corrected chi connectivity index (χ0v) is 6.04. The highest BCUT2D eigenvalue weighted by Gasteiger charge is 1.84. The standard InChI is InChI=1S/C3H5NO.H4N2O2S/c1-2-5-3-4-1;1-5(2,3)4/h3H,1-2H2;(H4,1,2,3,4). The summed E-state index contributed by atoms with van der Waals surface area (Å²) in [6.07, 6.45) is 1.49. The largest absolute Gasteiger partial charge is 0.482 e. The summed E-state index contributed by atoms with van der Waals surface area (Å²) < 4.78 is 23.0. The highest BCUT2D eigenvalue weighted by atomic mass is 32.2. The van der Waals surface area contributed by atoms with Crippen LogP contribution in [0.3, 0.4) is 0 Å². The van der Waals surface area contributed by atoms with Crippen LogP contribution in [0, 0.1) is 0 Å². The van der Waals surface area contributed by atoms with Gasteiger partial charge in [-0.1, -0.05) is 0 Å². The maximum Gasteiger partial charge on any atom is 0.271 e. The zero-order chi connectivity index (χ0) is 8.04. The summed E-state index contributed by atoms with van der Waals surface area (Å²) in [7, 11) is -3.67. The van der Waals surface area contributed by atoms with Gasteiger partial charge in [-0.3, -0.25) is 4.99 Å². The molecule has 0 fully saturated rings. The molecule has 1 heterocycles. The third-order valence-electron chi connectivity index (χ3n) is 0.487. The summed E-state index contributed by atoms with van der Waals surface area (Å²) in [6.45, 7) is 1.62. The number of nitrogens with two attached hydrogens (primary N) is 2. The Bertz CT molecular complexity index is 183. The van der Waals surface area contributed by atoms with Crippen molar-refractivity contribution < 1.29 is 13.2 Å². The van der Waals surface area contributed by atoms with Crippen molar-refractivity contribution in [3.63, 3.8) is 0 Å². The molecule has 10 heavy (non-hydrogen) atoms. The zero-order valence-electron chi connectivity index (χ0n) is 5.23. The Kier molecular flexibility index (Phi) is 3.93. The van der Waals surface area contributed by atoms with Gasteiger partial charge in [0, 0.05) is 0 Å². The van der Waals surface area contributed by atoms with Gasteiger partial charge < -0.3 is 4.74 Å². The fraction of sp³-hybridized carbons (Fsp3) is 0.667. The summed E-state index contributed by atoms with van der Waals surface area (Å²) >= 11 is 0. The number of aliphatic imine (C=N–C) groups is 1. The maximum absolute atomic E-state index is 9.19. The summed E-state index contributed by atoms with van der Waals surface area (Å²) in [5, 5.41) is 8.21. The first-order valence-corrected chi connectivity index (χ1v) is 4.01. The van der Waals surface area contributed by atoms with Crippen molar-refractivity contribution in [2.24, 2.45) is 15.3 Å². The van der Waals surface area contributed by atoms with Crippen LogP contribution in [0.4, 0.5) is 0 Å². The molecule has 0 atom stereocenters. The normalized spacial score (nSPS) is 15.4. The van der Waals surface area contributed by atoms with Crippen LogP contribution in [0.5, 0.6) is 0 Å². The first-order chi connectivity index (χ1) is 4.50. The molecule has 0 amide bonds. The van der Waals surface area contributed by atoms with E-state index in [1.54, 1.807) is 0 Å². The lowest BCUT2D eigenvalue weighted by molar-refractivity contribution is 0.361. The van der Waals surface area contributed by atoms with Crippen molar-refractivity contribution in [3.8, 4) is 0 Å². The first-order valence-electron chi connectivity index (χ1n) is 2.40. The smallest absolute Gasteiger partial charge is 0.271 e. The minimum Gasteiger partial charge on any atom is -0.482 e. The monoisotopic (exact) mass is 167 g/mol. The Morgan fingerprint density at radius 3 is 2.10 bits per heavy atom. The van der Waals surface area contributed by atoms with Gasteiger partial charge in [0.05, 0.1) is 6.54 Å². The minimum atomic E-state index is -3.67. The van der Waals surface area contributed by atoms with Crippen LogP contribution in [-0.4, -0.2) is 28.0 Å². The predicted octanol–water partition coefficient (Wildman–Crippen LogP) is -1.81. The van der Waals surface area contributed by atoms with Gasteiger partial charge in [0.1, 0.15) is 6.61 Å². The van der Waals surface area contributed by atoms with Crippen LogP contribution in [0.1, 0.15) is 0 Å². The second-order valence-corrected chi connectivity index (χ2v) is 2.65. The van der Waals surface area contributed by atoms with Crippen molar-refractivity contribution in [1.82, 2.24) is 0 Å². The van der Waals surface area contributed by atoms with Crippen molar-refractivity contribution in [2.45, 2.75) is 0 Å². The lowest BCUT2D eigenvalue weighted by Crippen LogP contribution is -2.21. The van der Waals surface area contributed by atoms with E-state index in [1.165, 1.54) is 6.40 Å². The van der Waals surface area contributed by atoms with Gasteiger partial charge in [-0.05, 0) is 0 Å². The average Bonchev–Trinajstić information content (AvgIpc) is 2.07. The number of nitrogens with zero attached hydrogens (tertiary/aromatic N) is 1. The lowest BCUT2D eigenvalue weighted by Gasteiger charge is -1.76. The highest BCUT2D eigenvalue weighted by Crippen LogP contribution is 1.78. The molecule has 4 N–H and O–H groups in total. The fourth-order valence-electron chi connectivity index (χ4n) is 0.264. The van der Waals surface area contributed by atoms with E-state index in [0.29, 0.717) is 0 Å². The molecule has 0 radical (unpaired) electrons. The quantitative estimate of drug-likeness (QED) is 0.444. The third-order valence-corrected chi connectivity index (χ3v) is 0.487. The topological polar surface area (TPSA) is 108 Å². The molecule has 0 aromatic heterocycles. The molecule has 1 aliphatic rings. The molecule has 0 aromatic carbocycles. The minimum absolute atomic E-state index is 0.778. The van der Waals surface area contributed by atoms with Crippen LogP contribution in [-0.2, 0) is 14.9 Å². The van der Waals surface area contributed by atoms with E-state index in [2.05, 4.69) is 20.0 Å². The molecule has 7 heteroatoms. The molecular formula is C3H9N3O3S. The molecule has 0 aromatic rings. The number of ether oxygens (including phenoxy) is 1.